The SMILES string of the molecule is COc1cc(-c2cc(C(=O)N3CCC(C(=O)N[C@H]4CC[C@@](O)(C(F)(F)F)CC4)C[C@H]3C)nn2COCC[Si](C)(C)C)c(F)cn1. The lowest BCUT2D eigenvalue weighted by Gasteiger charge is -2.39. The molecule has 2 atom stereocenters. The highest BCUT2D eigenvalue weighted by Crippen LogP contribution is 2.41. The van der Waals surface area contributed by atoms with E-state index in [4.69, 9.17) is 9.47 Å². The van der Waals surface area contributed by atoms with Crippen LogP contribution in [0.25, 0.3) is 11.3 Å². The monoisotopic (exact) mass is 657 g/mol. The molecule has 1 aliphatic carbocycles. The van der Waals surface area contributed by atoms with E-state index in [1.165, 1.54) is 23.9 Å². The Balaban J connectivity index is 1.43. The lowest BCUT2D eigenvalue weighted by atomic mass is 9.81. The lowest BCUT2D eigenvalue weighted by molar-refractivity contribution is -0.270. The summed E-state index contributed by atoms with van der Waals surface area (Å²) in [7, 11) is 0.0638. The molecule has 2 aromatic heterocycles. The normalized spacial score (nSPS) is 24.4. The third-order valence-corrected chi connectivity index (χ3v) is 10.4. The second-order valence-electron chi connectivity index (χ2n) is 13.3. The van der Waals surface area contributed by atoms with Crippen LogP contribution in [0.1, 0.15) is 55.9 Å². The number of ether oxygens (including phenoxy) is 2. The molecule has 1 saturated heterocycles. The van der Waals surface area contributed by atoms with Gasteiger partial charge in [0.05, 0.1) is 19.0 Å². The zero-order chi connectivity index (χ0) is 33.2. The number of carbonyl (C=O) groups excluding carboxylic acids is 2. The molecular formula is C30H43F4N5O5Si. The average Bonchev–Trinajstić information content (AvgIpc) is 3.39. The standard InChI is InChI=1S/C30H43F4N5O5Si/c1-19-14-20(27(40)36-21-6-9-29(42,10-7-21)30(32,33)34)8-11-38(19)28(41)24-16-25(22-15-26(43-2)35-17-23(22)31)39(37-24)18-44-12-13-45(3,4)5/h15-17,19-21,42H,6-14,18H2,1-5H3,(H,36,40)/t19-,20?,21-,29-/m1/s1. The number of aliphatic hydroxyl groups is 1. The van der Waals surface area contributed by atoms with Gasteiger partial charge in [-0.2, -0.15) is 18.3 Å². The van der Waals surface area contributed by atoms with E-state index in [1.54, 1.807) is 4.90 Å². The molecule has 4 rings (SSSR count). The van der Waals surface area contributed by atoms with Gasteiger partial charge in [0.25, 0.3) is 5.91 Å². The van der Waals surface area contributed by atoms with Gasteiger partial charge in [-0.05, 0) is 57.6 Å². The highest BCUT2D eigenvalue weighted by Gasteiger charge is 2.54. The number of nitrogens with one attached hydrogen (secondary N) is 1. The van der Waals surface area contributed by atoms with Crippen molar-refractivity contribution in [2.75, 3.05) is 20.3 Å². The number of likely N-dealkylation sites (tertiary alicyclic amines) is 1. The Morgan fingerprint density at radius 3 is 2.47 bits per heavy atom. The van der Waals surface area contributed by atoms with Gasteiger partial charge in [0, 0.05) is 50.9 Å². The van der Waals surface area contributed by atoms with Crippen LogP contribution in [-0.4, -0.2) is 88.8 Å². The van der Waals surface area contributed by atoms with Crippen molar-refractivity contribution in [3.63, 3.8) is 0 Å². The van der Waals surface area contributed by atoms with Crippen LogP contribution >= 0.6 is 0 Å². The van der Waals surface area contributed by atoms with E-state index in [9.17, 15) is 32.3 Å². The predicted octanol–water partition coefficient (Wildman–Crippen LogP) is 5.00. The highest BCUT2D eigenvalue weighted by molar-refractivity contribution is 6.76. The first-order valence-corrected chi connectivity index (χ1v) is 19.0. The Bertz CT molecular complexity index is 1360. The second kappa shape index (κ2) is 13.8. The Hall–Kier alpha value is -3.04. The Morgan fingerprint density at radius 1 is 1.18 bits per heavy atom. The van der Waals surface area contributed by atoms with Gasteiger partial charge in [-0.15, -0.1) is 0 Å². The van der Waals surface area contributed by atoms with Crippen LogP contribution in [0.4, 0.5) is 17.6 Å². The maximum atomic E-state index is 14.9. The Labute approximate surface area is 261 Å². The Kier molecular flexibility index (Phi) is 10.6. The number of alkyl halides is 3. The summed E-state index contributed by atoms with van der Waals surface area (Å²) in [6, 6.07) is 3.09. The minimum absolute atomic E-state index is 0.0104. The van der Waals surface area contributed by atoms with Crippen molar-refractivity contribution in [1.82, 2.24) is 25.0 Å². The largest absolute Gasteiger partial charge is 0.481 e. The van der Waals surface area contributed by atoms with E-state index >= 15 is 0 Å². The maximum Gasteiger partial charge on any atom is 0.417 e. The van der Waals surface area contributed by atoms with Crippen LogP contribution in [0.5, 0.6) is 5.88 Å². The topological polar surface area (TPSA) is 119 Å². The van der Waals surface area contributed by atoms with Gasteiger partial charge in [-0.1, -0.05) is 19.6 Å². The molecule has 0 spiro atoms. The van der Waals surface area contributed by atoms with E-state index in [2.05, 4.69) is 35.0 Å². The molecule has 1 unspecified atom stereocenters. The summed E-state index contributed by atoms with van der Waals surface area (Å²) >= 11 is 0. The fraction of sp³-hybridized carbons (Fsp3) is 0.667. The minimum Gasteiger partial charge on any atom is -0.481 e. The van der Waals surface area contributed by atoms with Crippen LogP contribution in [0.2, 0.25) is 25.7 Å². The van der Waals surface area contributed by atoms with Crippen LogP contribution < -0.4 is 10.1 Å². The van der Waals surface area contributed by atoms with E-state index in [1.807, 2.05) is 6.92 Å². The number of rotatable bonds is 10. The molecule has 10 nitrogen and oxygen atoms in total. The van der Waals surface area contributed by atoms with Crippen molar-refractivity contribution in [3.05, 3.63) is 29.8 Å². The molecule has 250 valence electrons. The molecule has 0 aromatic carbocycles. The molecule has 1 saturated carbocycles. The summed E-state index contributed by atoms with van der Waals surface area (Å²) in [6.07, 6.45) is -3.78. The Morgan fingerprint density at radius 2 is 1.87 bits per heavy atom. The van der Waals surface area contributed by atoms with Gasteiger partial charge in [0.15, 0.2) is 17.1 Å². The smallest absolute Gasteiger partial charge is 0.417 e. The molecule has 2 amide bonds. The van der Waals surface area contributed by atoms with Crippen LogP contribution in [0.3, 0.4) is 0 Å². The van der Waals surface area contributed by atoms with Gasteiger partial charge >= 0.3 is 6.18 Å². The third-order valence-electron chi connectivity index (χ3n) is 8.72. The molecule has 0 bridgehead atoms. The molecule has 15 heteroatoms. The zero-order valence-electron chi connectivity index (χ0n) is 26.4. The number of amides is 2. The van der Waals surface area contributed by atoms with Crippen molar-refractivity contribution >= 4 is 19.9 Å². The molecule has 3 heterocycles. The molecule has 45 heavy (non-hydrogen) atoms. The first-order valence-electron chi connectivity index (χ1n) is 15.3. The number of pyridine rings is 1. The van der Waals surface area contributed by atoms with Crippen molar-refractivity contribution in [1.29, 1.82) is 0 Å². The summed E-state index contributed by atoms with van der Waals surface area (Å²) < 4.78 is 66.8. The lowest BCUT2D eigenvalue weighted by Crippen LogP contribution is -2.53. The maximum absolute atomic E-state index is 14.9. The van der Waals surface area contributed by atoms with Gasteiger partial charge < -0.3 is 24.8 Å². The summed E-state index contributed by atoms with van der Waals surface area (Å²) in [5.74, 6) is -1.47. The van der Waals surface area contributed by atoms with Gasteiger partial charge in [0.1, 0.15) is 6.73 Å². The van der Waals surface area contributed by atoms with Crippen molar-refractivity contribution in [3.8, 4) is 17.1 Å². The van der Waals surface area contributed by atoms with Crippen LogP contribution in [0.15, 0.2) is 18.3 Å². The third kappa shape index (κ3) is 8.41. The van der Waals surface area contributed by atoms with Crippen molar-refractivity contribution in [2.45, 2.75) is 102 Å². The summed E-state index contributed by atoms with van der Waals surface area (Å²) in [5, 5.41) is 17.3. The number of carbonyl (C=O) groups is 2. The number of methoxy groups -OCH3 is 1. The molecule has 0 radical (unpaired) electrons. The first kappa shape index (κ1) is 34.8. The van der Waals surface area contributed by atoms with Crippen molar-refractivity contribution in [2.24, 2.45) is 5.92 Å². The molecule has 2 aromatic rings. The number of nitrogens with zero attached hydrogens (tertiary/aromatic N) is 4. The minimum atomic E-state index is -4.70. The van der Waals surface area contributed by atoms with Crippen LogP contribution in [-0.2, 0) is 16.3 Å². The number of piperidine rings is 1. The number of hydrogen-bond acceptors (Lipinski definition) is 7. The van der Waals surface area contributed by atoms with E-state index < -0.39 is 50.5 Å². The number of aromatic nitrogens is 3. The number of halogens is 4. The molecule has 2 N–H and O–H groups in total. The van der Waals surface area contributed by atoms with E-state index in [0.29, 0.717) is 25.1 Å². The van der Waals surface area contributed by atoms with Gasteiger partial charge in [0.2, 0.25) is 11.8 Å². The molecule has 1 aliphatic heterocycles. The van der Waals surface area contributed by atoms with E-state index in [-0.39, 0.29) is 61.1 Å². The predicted molar refractivity (Wildman–Crippen MR) is 161 cm³/mol. The fourth-order valence-corrected chi connectivity index (χ4v) is 6.55. The second-order valence-corrected chi connectivity index (χ2v) is 19.0. The van der Waals surface area contributed by atoms with Crippen LogP contribution in [0, 0.1) is 11.7 Å². The first-order chi connectivity index (χ1) is 21.0. The fourth-order valence-electron chi connectivity index (χ4n) is 5.79. The zero-order valence-corrected chi connectivity index (χ0v) is 27.4. The van der Waals surface area contributed by atoms with Gasteiger partial charge in [-0.25, -0.2) is 14.1 Å². The van der Waals surface area contributed by atoms with E-state index in [0.717, 1.165) is 12.2 Å². The molecular weight excluding hydrogens is 614 g/mol. The highest BCUT2D eigenvalue weighted by atomic mass is 28.3. The average molecular weight is 658 g/mol. The summed E-state index contributed by atoms with van der Waals surface area (Å²) in [5.41, 5.74) is -2.13. The number of hydrogen-bond donors (Lipinski definition) is 2. The quantitative estimate of drug-likeness (QED) is 0.210. The molecule has 2 fully saturated rings. The van der Waals surface area contributed by atoms with Gasteiger partial charge in [-0.3, -0.25) is 9.59 Å². The molecule has 2 aliphatic rings. The summed E-state index contributed by atoms with van der Waals surface area (Å²) in [4.78, 5) is 32.2. The summed E-state index contributed by atoms with van der Waals surface area (Å²) in [6.45, 7) is 9.29. The van der Waals surface area contributed by atoms with Crippen molar-refractivity contribution < 1.29 is 41.7 Å².